The Bertz CT molecular complexity index is 393. The van der Waals surface area contributed by atoms with Gasteiger partial charge in [-0.2, -0.15) is 13.2 Å². The Balaban J connectivity index is 0.00000288. The molecule has 0 aromatic carbocycles. The van der Waals surface area contributed by atoms with Gasteiger partial charge in [-0.1, -0.05) is 6.92 Å². The van der Waals surface area contributed by atoms with Gasteiger partial charge in [0.15, 0.2) is 0 Å². The van der Waals surface area contributed by atoms with Crippen LogP contribution in [0.1, 0.15) is 32.6 Å². The highest BCUT2D eigenvalue weighted by Crippen LogP contribution is 2.23. The van der Waals surface area contributed by atoms with E-state index in [4.69, 9.17) is 0 Å². The van der Waals surface area contributed by atoms with Gasteiger partial charge in [-0.25, -0.2) is 0 Å². The summed E-state index contributed by atoms with van der Waals surface area (Å²) >= 11 is 0. The molecule has 2 heterocycles. The lowest BCUT2D eigenvalue weighted by Crippen LogP contribution is -2.38. The lowest BCUT2D eigenvalue weighted by Gasteiger charge is -2.25. The second-order valence-corrected chi connectivity index (χ2v) is 6.83. The van der Waals surface area contributed by atoms with Crippen molar-refractivity contribution in [3.63, 3.8) is 0 Å². The summed E-state index contributed by atoms with van der Waals surface area (Å²) < 4.78 is 37.5. The first-order valence-corrected chi connectivity index (χ1v) is 8.65. The highest BCUT2D eigenvalue weighted by Gasteiger charge is 2.33. The minimum Gasteiger partial charge on any atom is -0.342 e. The topological polar surface area (TPSA) is 35.6 Å². The third-order valence-corrected chi connectivity index (χ3v) is 4.93. The molecule has 2 rings (SSSR count). The maximum atomic E-state index is 12.5. The molecule has 2 saturated heterocycles. The molecule has 0 aromatic heterocycles. The van der Waals surface area contributed by atoms with E-state index < -0.39 is 12.7 Å². The van der Waals surface area contributed by atoms with Crippen molar-refractivity contribution < 1.29 is 18.0 Å². The molecular weight excluding hydrogens is 378 g/mol. The number of likely N-dealkylation sites (tertiary alicyclic amines) is 1. The van der Waals surface area contributed by atoms with Gasteiger partial charge >= 0.3 is 6.18 Å². The van der Waals surface area contributed by atoms with Crippen LogP contribution in [-0.2, 0) is 4.79 Å². The van der Waals surface area contributed by atoms with E-state index in [-0.39, 0.29) is 36.6 Å². The summed E-state index contributed by atoms with van der Waals surface area (Å²) in [6.07, 6.45) is -0.718. The minimum atomic E-state index is -4.15. The van der Waals surface area contributed by atoms with Gasteiger partial charge in [0.05, 0.1) is 6.54 Å². The van der Waals surface area contributed by atoms with Crippen molar-refractivity contribution in [3.8, 4) is 0 Å². The zero-order valence-corrected chi connectivity index (χ0v) is 16.3. The van der Waals surface area contributed by atoms with E-state index in [1.54, 1.807) is 6.92 Å². The van der Waals surface area contributed by atoms with Crippen LogP contribution in [0.3, 0.4) is 0 Å². The van der Waals surface area contributed by atoms with Crippen LogP contribution >= 0.6 is 24.8 Å². The molecule has 2 unspecified atom stereocenters. The quantitative estimate of drug-likeness (QED) is 0.704. The highest BCUT2D eigenvalue weighted by molar-refractivity contribution is 5.85. The van der Waals surface area contributed by atoms with E-state index in [1.165, 1.54) is 4.90 Å². The Morgan fingerprint density at radius 3 is 2.52 bits per heavy atom. The maximum absolute atomic E-state index is 12.5. The standard InChI is InChI=1S/C16H28F3N3O.2ClH/c1-2-21(12-16(17,18)19)10-14-6-8-22(11-14)15(23)4-3-13-5-7-20-9-13;;/h13-14,20H,2-12H2,1H3;2*1H. The van der Waals surface area contributed by atoms with Crippen LogP contribution < -0.4 is 5.32 Å². The molecule has 4 nitrogen and oxygen atoms in total. The molecule has 1 amide bonds. The van der Waals surface area contributed by atoms with Crippen LogP contribution in [0.5, 0.6) is 0 Å². The highest BCUT2D eigenvalue weighted by atomic mass is 35.5. The summed E-state index contributed by atoms with van der Waals surface area (Å²) in [5, 5.41) is 3.30. The molecule has 2 aliphatic rings. The molecule has 0 radical (unpaired) electrons. The summed E-state index contributed by atoms with van der Waals surface area (Å²) in [5.74, 6) is 0.924. The van der Waals surface area contributed by atoms with E-state index in [0.29, 0.717) is 38.5 Å². The molecule has 2 aliphatic heterocycles. The molecule has 25 heavy (non-hydrogen) atoms. The van der Waals surface area contributed by atoms with Crippen molar-refractivity contribution in [3.05, 3.63) is 0 Å². The Morgan fingerprint density at radius 1 is 1.24 bits per heavy atom. The molecule has 2 fully saturated rings. The molecule has 1 N–H and O–H groups in total. The van der Waals surface area contributed by atoms with Gasteiger partial charge in [-0.05, 0) is 50.7 Å². The number of nitrogens with one attached hydrogen (secondary N) is 1. The van der Waals surface area contributed by atoms with E-state index in [2.05, 4.69) is 5.32 Å². The van der Waals surface area contributed by atoms with Crippen molar-refractivity contribution in [1.82, 2.24) is 15.1 Å². The first-order chi connectivity index (χ1) is 10.9. The predicted molar refractivity (Wildman–Crippen MR) is 97.6 cm³/mol. The summed E-state index contributed by atoms with van der Waals surface area (Å²) in [6, 6.07) is 0. The Kier molecular flexibility index (Phi) is 11.4. The third kappa shape index (κ3) is 8.80. The number of alkyl halides is 3. The number of amides is 1. The number of nitrogens with zero attached hydrogens (tertiary/aromatic N) is 2. The summed E-state index contributed by atoms with van der Waals surface area (Å²) in [4.78, 5) is 15.5. The maximum Gasteiger partial charge on any atom is 0.401 e. The second kappa shape index (κ2) is 11.5. The van der Waals surface area contributed by atoms with Crippen LogP contribution in [0.15, 0.2) is 0 Å². The van der Waals surface area contributed by atoms with E-state index in [0.717, 1.165) is 32.4 Å². The lowest BCUT2D eigenvalue weighted by molar-refractivity contribution is -0.146. The molecule has 0 saturated carbocycles. The van der Waals surface area contributed by atoms with E-state index in [9.17, 15) is 18.0 Å². The van der Waals surface area contributed by atoms with E-state index in [1.807, 2.05) is 4.90 Å². The van der Waals surface area contributed by atoms with Crippen LogP contribution in [-0.4, -0.2) is 67.7 Å². The number of hydrogen-bond acceptors (Lipinski definition) is 3. The van der Waals surface area contributed by atoms with Gasteiger partial charge in [0.2, 0.25) is 5.91 Å². The molecule has 9 heteroatoms. The van der Waals surface area contributed by atoms with Gasteiger partial charge in [-0.3, -0.25) is 9.69 Å². The van der Waals surface area contributed by atoms with Crippen molar-refractivity contribution in [2.75, 3.05) is 45.8 Å². The molecule has 0 spiro atoms. The Morgan fingerprint density at radius 2 is 1.96 bits per heavy atom. The monoisotopic (exact) mass is 407 g/mol. The molecule has 2 atom stereocenters. The zero-order chi connectivity index (χ0) is 16.9. The fourth-order valence-electron chi connectivity index (χ4n) is 3.58. The summed E-state index contributed by atoms with van der Waals surface area (Å²) in [6.45, 7) is 5.04. The average molecular weight is 408 g/mol. The lowest BCUT2D eigenvalue weighted by atomic mass is 10.0. The first-order valence-electron chi connectivity index (χ1n) is 8.65. The van der Waals surface area contributed by atoms with Crippen molar-refractivity contribution >= 4 is 30.7 Å². The number of halogens is 5. The normalized spacial score (nSPS) is 23.5. The van der Waals surface area contributed by atoms with Crippen LogP contribution in [0.25, 0.3) is 0 Å². The van der Waals surface area contributed by atoms with Crippen LogP contribution in [0.2, 0.25) is 0 Å². The first kappa shape index (κ1) is 24.8. The van der Waals surface area contributed by atoms with Gasteiger partial charge in [-0.15, -0.1) is 24.8 Å². The van der Waals surface area contributed by atoms with Crippen molar-refractivity contribution in [1.29, 1.82) is 0 Å². The van der Waals surface area contributed by atoms with Gasteiger partial charge in [0.25, 0.3) is 0 Å². The Hall–Kier alpha value is -0.240. The predicted octanol–water partition coefficient (Wildman–Crippen LogP) is 2.95. The smallest absolute Gasteiger partial charge is 0.342 e. The molecule has 0 aromatic rings. The molecule has 0 aliphatic carbocycles. The molecule has 0 bridgehead atoms. The molecule has 150 valence electrons. The number of hydrogen-bond donors (Lipinski definition) is 1. The fourth-order valence-corrected chi connectivity index (χ4v) is 3.58. The fraction of sp³-hybridized carbons (Fsp3) is 0.938. The van der Waals surface area contributed by atoms with Gasteiger partial charge < -0.3 is 10.2 Å². The number of carbonyl (C=O) groups is 1. The van der Waals surface area contributed by atoms with Crippen molar-refractivity contribution in [2.45, 2.75) is 38.8 Å². The van der Waals surface area contributed by atoms with Crippen LogP contribution in [0.4, 0.5) is 13.2 Å². The Labute approximate surface area is 160 Å². The number of carbonyl (C=O) groups excluding carboxylic acids is 1. The van der Waals surface area contributed by atoms with E-state index >= 15 is 0 Å². The summed E-state index contributed by atoms with van der Waals surface area (Å²) in [7, 11) is 0. The largest absolute Gasteiger partial charge is 0.401 e. The van der Waals surface area contributed by atoms with Crippen LogP contribution in [0, 0.1) is 11.8 Å². The summed E-state index contributed by atoms with van der Waals surface area (Å²) in [5.41, 5.74) is 0. The van der Waals surface area contributed by atoms with Gasteiger partial charge in [0, 0.05) is 26.1 Å². The minimum absolute atomic E-state index is 0. The zero-order valence-electron chi connectivity index (χ0n) is 14.7. The average Bonchev–Trinajstić information content (AvgIpc) is 3.14. The number of rotatable bonds is 7. The SMILES string of the molecule is CCN(CC1CCN(C(=O)CCC2CCNC2)C1)CC(F)(F)F.Cl.Cl. The molecular formula is C16H30Cl2F3N3O. The second-order valence-electron chi connectivity index (χ2n) is 6.83. The van der Waals surface area contributed by atoms with Gasteiger partial charge in [0.1, 0.15) is 0 Å². The third-order valence-electron chi connectivity index (χ3n) is 4.93. The van der Waals surface area contributed by atoms with Crippen molar-refractivity contribution in [2.24, 2.45) is 11.8 Å².